The second kappa shape index (κ2) is 14.4. The fourth-order valence-corrected chi connectivity index (χ4v) is 3.46. The highest BCUT2D eigenvalue weighted by Crippen LogP contribution is 2.12. The number of carbonyl (C=O) groups excluding carboxylic acids is 2. The van der Waals surface area contributed by atoms with Gasteiger partial charge in [0.05, 0.1) is 26.3 Å². The van der Waals surface area contributed by atoms with Crippen LogP contribution < -0.4 is 0 Å². The standard InChI is InChI=1S/C25H37N3O4/c1-4-5-13-24(29)28(16-18-32-3)21-25(30)27(15-17-31-2)20-23-12-9-14-26(23)19-22-10-7-6-8-11-22/h6-12,14H,4-5,13,15-21H2,1-3H3. The number of amides is 2. The Hall–Kier alpha value is -2.64. The van der Waals surface area contributed by atoms with Crippen LogP contribution in [-0.4, -0.2) is 73.2 Å². The molecule has 0 N–H and O–H groups in total. The molecule has 2 aromatic rings. The minimum absolute atomic E-state index is 0.00334. The van der Waals surface area contributed by atoms with Crippen molar-refractivity contribution in [2.45, 2.75) is 39.3 Å². The smallest absolute Gasteiger partial charge is 0.242 e. The number of hydrogen-bond acceptors (Lipinski definition) is 4. The fourth-order valence-electron chi connectivity index (χ4n) is 3.46. The van der Waals surface area contributed by atoms with Gasteiger partial charge in [0, 0.05) is 52.2 Å². The van der Waals surface area contributed by atoms with Crippen molar-refractivity contribution in [1.82, 2.24) is 14.4 Å². The molecule has 0 fully saturated rings. The van der Waals surface area contributed by atoms with Crippen LogP contribution in [0, 0.1) is 0 Å². The molecule has 7 nitrogen and oxygen atoms in total. The van der Waals surface area contributed by atoms with E-state index in [9.17, 15) is 9.59 Å². The molecule has 2 amide bonds. The predicted octanol–water partition coefficient (Wildman–Crippen LogP) is 3.18. The third-order valence-electron chi connectivity index (χ3n) is 5.38. The van der Waals surface area contributed by atoms with Crippen molar-refractivity contribution in [3.8, 4) is 0 Å². The summed E-state index contributed by atoms with van der Waals surface area (Å²) in [6, 6.07) is 14.3. The molecule has 0 spiro atoms. The Kier molecular flexibility index (Phi) is 11.6. The number of ether oxygens (including phenoxy) is 2. The second-order valence-electron chi connectivity index (χ2n) is 7.83. The molecule has 2 rings (SSSR count). The highest BCUT2D eigenvalue weighted by molar-refractivity contribution is 5.84. The van der Waals surface area contributed by atoms with Gasteiger partial charge in [0.1, 0.15) is 0 Å². The predicted molar refractivity (Wildman–Crippen MR) is 125 cm³/mol. The minimum Gasteiger partial charge on any atom is -0.383 e. The maximum atomic E-state index is 13.2. The number of nitrogens with zero attached hydrogens (tertiary/aromatic N) is 3. The van der Waals surface area contributed by atoms with Crippen molar-refractivity contribution in [2.75, 3.05) is 47.1 Å². The lowest BCUT2D eigenvalue weighted by molar-refractivity contribution is -0.141. The number of carbonyl (C=O) groups is 2. The molecule has 1 aromatic carbocycles. The lowest BCUT2D eigenvalue weighted by atomic mass is 10.2. The summed E-state index contributed by atoms with van der Waals surface area (Å²) in [5.41, 5.74) is 2.24. The summed E-state index contributed by atoms with van der Waals surface area (Å²) in [6.07, 6.45) is 4.24. The number of aromatic nitrogens is 1. The monoisotopic (exact) mass is 443 g/mol. The SMILES string of the molecule is CCCCC(=O)N(CCOC)CC(=O)N(CCOC)Cc1cccn1Cc1ccccc1. The van der Waals surface area contributed by atoms with Gasteiger partial charge in [-0.25, -0.2) is 0 Å². The molecular formula is C25H37N3O4. The molecule has 0 unspecified atom stereocenters. The molecule has 176 valence electrons. The molecule has 1 aromatic heterocycles. The quantitative estimate of drug-likeness (QED) is 0.424. The zero-order chi connectivity index (χ0) is 23.2. The van der Waals surface area contributed by atoms with Gasteiger partial charge in [-0.05, 0) is 24.1 Å². The van der Waals surface area contributed by atoms with E-state index >= 15 is 0 Å². The second-order valence-corrected chi connectivity index (χ2v) is 7.83. The van der Waals surface area contributed by atoms with Gasteiger partial charge in [0.15, 0.2) is 0 Å². The highest BCUT2D eigenvalue weighted by atomic mass is 16.5. The van der Waals surface area contributed by atoms with Gasteiger partial charge < -0.3 is 23.8 Å². The molecule has 0 saturated carbocycles. The topological polar surface area (TPSA) is 64.0 Å². The van der Waals surface area contributed by atoms with Gasteiger partial charge in [-0.15, -0.1) is 0 Å². The van der Waals surface area contributed by atoms with E-state index in [2.05, 4.69) is 23.6 Å². The van der Waals surface area contributed by atoms with E-state index in [1.54, 1.807) is 24.0 Å². The van der Waals surface area contributed by atoms with Gasteiger partial charge in [-0.3, -0.25) is 9.59 Å². The van der Waals surface area contributed by atoms with Crippen LogP contribution in [0.4, 0.5) is 0 Å². The molecule has 0 saturated heterocycles. The van der Waals surface area contributed by atoms with Gasteiger partial charge in [0.2, 0.25) is 11.8 Å². The van der Waals surface area contributed by atoms with E-state index in [0.29, 0.717) is 39.3 Å². The van der Waals surface area contributed by atoms with Crippen molar-refractivity contribution in [3.63, 3.8) is 0 Å². The summed E-state index contributed by atoms with van der Waals surface area (Å²) < 4.78 is 12.5. The summed E-state index contributed by atoms with van der Waals surface area (Å²) in [5, 5.41) is 0. The summed E-state index contributed by atoms with van der Waals surface area (Å²) in [4.78, 5) is 29.2. The Morgan fingerprint density at radius 3 is 2.25 bits per heavy atom. The average Bonchev–Trinajstić information content (AvgIpc) is 3.24. The molecule has 32 heavy (non-hydrogen) atoms. The lowest BCUT2D eigenvalue weighted by Gasteiger charge is -2.28. The Morgan fingerprint density at radius 1 is 0.906 bits per heavy atom. The van der Waals surface area contributed by atoms with E-state index in [0.717, 1.165) is 25.1 Å². The normalized spacial score (nSPS) is 10.8. The Morgan fingerprint density at radius 2 is 1.59 bits per heavy atom. The van der Waals surface area contributed by atoms with Crippen LogP contribution in [0.2, 0.25) is 0 Å². The maximum absolute atomic E-state index is 13.2. The largest absolute Gasteiger partial charge is 0.383 e. The Labute approximate surface area is 191 Å². The van der Waals surface area contributed by atoms with Crippen LogP contribution in [0.1, 0.15) is 37.4 Å². The zero-order valence-corrected chi connectivity index (χ0v) is 19.7. The van der Waals surface area contributed by atoms with E-state index in [1.807, 2.05) is 36.5 Å². The van der Waals surface area contributed by atoms with Crippen LogP contribution in [0.3, 0.4) is 0 Å². The van der Waals surface area contributed by atoms with Gasteiger partial charge >= 0.3 is 0 Å². The molecule has 0 aliphatic rings. The van der Waals surface area contributed by atoms with Crippen LogP contribution in [0.25, 0.3) is 0 Å². The van der Waals surface area contributed by atoms with Crippen molar-refractivity contribution in [3.05, 3.63) is 59.9 Å². The maximum Gasteiger partial charge on any atom is 0.242 e. The minimum atomic E-state index is -0.0875. The van der Waals surface area contributed by atoms with E-state index in [4.69, 9.17) is 9.47 Å². The molecule has 0 radical (unpaired) electrons. The number of methoxy groups -OCH3 is 2. The van der Waals surface area contributed by atoms with Gasteiger partial charge in [-0.2, -0.15) is 0 Å². The number of unbranched alkanes of at least 4 members (excludes halogenated alkanes) is 1. The first-order valence-corrected chi connectivity index (χ1v) is 11.3. The van der Waals surface area contributed by atoms with Crippen molar-refractivity contribution in [1.29, 1.82) is 0 Å². The first kappa shape index (κ1) is 25.6. The average molecular weight is 444 g/mol. The van der Waals surface area contributed by atoms with Crippen LogP contribution in [0.5, 0.6) is 0 Å². The molecular weight excluding hydrogens is 406 g/mol. The van der Waals surface area contributed by atoms with Crippen molar-refractivity contribution < 1.29 is 19.1 Å². The third kappa shape index (κ3) is 8.48. The number of benzene rings is 1. The van der Waals surface area contributed by atoms with Crippen LogP contribution in [-0.2, 0) is 32.2 Å². The van der Waals surface area contributed by atoms with E-state index < -0.39 is 0 Å². The summed E-state index contributed by atoms with van der Waals surface area (Å²) in [6.45, 7) is 5.02. The number of rotatable bonds is 15. The first-order chi connectivity index (χ1) is 15.6. The summed E-state index contributed by atoms with van der Waals surface area (Å²) >= 11 is 0. The Bertz CT molecular complexity index is 807. The lowest BCUT2D eigenvalue weighted by Crippen LogP contribution is -2.45. The number of hydrogen-bond donors (Lipinski definition) is 0. The molecule has 1 heterocycles. The summed E-state index contributed by atoms with van der Waals surface area (Å²) in [7, 11) is 3.22. The van der Waals surface area contributed by atoms with Crippen molar-refractivity contribution >= 4 is 11.8 Å². The molecule has 0 atom stereocenters. The molecule has 0 aliphatic heterocycles. The van der Waals surface area contributed by atoms with Crippen LogP contribution in [0.15, 0.2) is 48.7 Å². The first-order valence-electron chi connectivity index (χ1n) is 11.3. The molecule has 7 heteroatoms. The van der Waals surface area contributed by atoms with E-state index in [-0.39, 0.29) is 18.4 Å². The molecule has 0 bridgehead atoms. The Balaban J connectivity index is 2.10. The highest BCUT2D eigenvalue weighted by Gasteiger charge is 2.22. The van der Waals surface area contributed by atoms with Crippen molar-refractivity contribution in [2.24, 2.45) is 0 Å². The third-order valence-corrected chi connectivity index (χ3v) is 5.38. The van der Waals surface area contributed by atoms with Gasteiger partial charge in [0.25, 0.3) is 0 Å². The zero-order valence-electron chi connectivity index (χ0n) is 19.7. The van der Waals surface area contributed by atoms with E-state index in [1.165, 1.54) is 5.56 Å². The van der Waals surface area contributed by atoms with Gasteiger partial charge in [-0.1, -0.05) is 43.7 Å². The fraction of sp³-hybridized carbons (Fsp3) is 0.520. The van der Waals surface area contributed by atoms with Crippen LogP contribution >= 0.6 is 0 Å². The summed E-state index contributed by atoms with van der Waals surface area (Å²) in [5.74, 6) is -0.0909. The molecule has 0 aliphatic carbocycles.